The Morgan fingerprint density at radius 3 is 2.27 bits per heavy atom. The fourth-order valence-electron chi connectivity index (χ4n) is 0.600. The maximum Gasteiger partial charge on any atom is 0.577 e. The van der Waals surface area contributed by atoms with E-state index in [2.05, 4.69) is 4.62 Å². The summed E-state index contributed by atoms with van der Waals surface area (Å²) in [6, 6.07) is 2.46. The maximum absolute atomic E-state index is 10.5. The Morgan fingerprint density at radius 2 is 1.91 bits per heavy atom. The summed E-state index contributed by atoms with van der Waals surface area (Å²) in [7, 11) is -1.89. The van der Waals surface area contributed by atoms with E-state index in [9.17, 15) is 4.57 Å². The van der Waals surface area contributed by atoms with E-state index in [1.54, 1.807) is 0 Å². The van der Waals surface area contributed by atoms with Crippen molar-refractivity contribution < 1.29 is 19.4 Å². The molecule has 0 aliphatic carbocycles. The number of hydrogen-bond donors (Lipinski definition) is 2. The molecule has 0 spiro atoms. The molecule has 0 aliphatic rings. The number of nitrogens with zero attached hydrogens (tertiary/aromatic N) is 1. The average molecular weight is 176 g/mol. The molecule has 0 radical (unpaired) electrons. The van der Waals surface area contributed by atoms with Crippen LogP contribution in [0.5, 0.6) is 11.8 Å². The second-order valence-electron chi connectivity index (χ2n) is 1.87. The summed E-state index contributed by atoms with van der Waals surface area (Å²) >= 11 is 0. The second-order valence-corrected chi connectivity index (χ2v) is 2.91. The Balaban J connectivity index is 2.92. The van der Waals surface area contributed by atoms with E-state index >= 15 is 0 Å². The van der Waals surface area contributed by atoms with Crippen molar-refractivity contribution >= 4 is 8.03 Å². The zero-order valence-electron chi connectivity index (χ0n) is 5.76. The van der Waals surface area contributed by atoms with E-state index in [4.69, 9.17) is 10.2 Å². The van der Waals surface area contributed by atoms with Gasteiger partial charge >= 0.3 is 8.03 Å². The predicted octanol–water partition coefficient (Wildman–Crippen LogP) is 0.700. The van der Waals surface area contributed by atoms with Crippen LogP contribution in [0, 0.1) is 0 Å². The molecule has 6 heteroatoms. The minimum atomic E-state index is -1.89. The number of aromatic hydroxyl groups is 2. The lowest BCUT2D eigenvalue weighted by Gasteiger charge is -1.94. The van der Waals surface area contributed by atoms with Crippen LogP contribution in [0.4, 0.5) is 0 Å². The summed E-state index contributed by atoms with van der Waals surface area (Å²) in [5.74, 6) is -0.569. The Kier molecular flexibility index (Phi) is 2.01. The van der Waals surface area contributed by atoms with Gasteiger partial charge in [0, 0.05) is 12.1 Å². The van der Waals surface area contributed by atoms with Gasteiger partial charge < -0.3 is 10.2 Å². The average Bonchev–Trinajstić information content (AvgIpc) is 2.18. The number of hydrogen-bond acceptors (Lipinski definition) is 4. The molecule has 0 saturated carbocycles. The van der Waals surface area contributed by atoms with Gasteiger partial charge in [0.05, 0.1) is 0 Å². The smallest absolute Gasteiger partial charge is 0.492 e. The Morgan fingerprint density at radius 1 is 1.45 bits per heavy atom. The highest BCUT2D eigenvalue weighted by Gasteiger charge is 2.15. The highest BCUT2D eigenvalue weighted by atomic mass is 31.1. The van der Waals surface area contributed by atoms with Crippen LogP contribution in [-0.2, 0) is 4.57 Å². The molecule has 1 aromatic heterocycles. The van der Waals surface area contributed by atoms with Gasteiger partial charge in [-0.2, -0.15) is 0 Å². The highest BCUT2D eigenvalue weighted by Crippen LogP contribution is 2.23. The van der Waals surface area contributed by atoms with Crippen molar-refractivity contribution in [3.8, 4) is 11.8 Å². The van der Waals surface area contributed by atoms with Gasteiger partial charge in [0.2, 0.25) is 11.8 Å². The molecule has 1 rings (SSSR count). The van der Waals surface area contributed by atoms with Crippen molar-refractivity contribution in [3.05, 3.63) is 12.1 Å². The minimum absolute atomic E-state index is 0.285. The molecule has 5 nitrogen and oxygen atoms in total. The quantitative estimate of drug-likeness (QED) is 0.650. The van der Waals surface area contributed by atoms with Crippen molar-refractivity contribution in [1.29, 1.82) is 0 Å². The van der Waals surface area contributed by atoms with Crippen LogP contribution in [0.25, 0.3) is 0 Å². The third-order valence-corrected chi connectivity index (χ3v) is 1.39. The summed E-state index contributed by atoms with van der Waals surface area (Å²) in [4.78, 5) is 0. The van der Waals surface area contributed by atoms with Crippen LogP contribution in [-0.4, -0.2) is 21.6 Å². The van der Waals surface area contributed by atoms with Crippen LogP contribution in [0.3, 0.4) is 0 Å². The van der Waals surface area contributed by atoms with E-state index in [-0.39, 0.29) is 11.8 Å². The van der Waals surface area contributed by atoms with Crippen molar-refractivity contribution in [2.24, 2.45) is 0 Å². The molecule has 0 aromatic carbocycles. The van der Waals surface area contributed by atoms with Crippen LogP contribution in [0.2, 0.25) is 0 Å². The third-order valence-electron chi connectivity index (χ3n) is 0.994. The van der Waals surface area contributed by atoms with Gasteiger partial charge in [-0.15, -0.1) is 4.62 Å². The molecule has 0 bridgehead atoms. The first kappa shape index (κ1) is 7.88. The van der Waals surface area contributed by atoms with Gasteiger partial charge in [0.1, 0.15) is 0 Å². The van der Waals surface area contributed by atoms with E-state index in [1.807, 2.05) is 0 Å². The number of aromatic nitrogens is 1. The molecule has 0 fully saturated rings. The van der Waals surface area contributed by atoms with Crippen LogP contribution >= 0.6 is 8.03 Å². The van der Waals surface area contributed by atoms with E-state index in [1.165, 1.54) is 18.8 Å². The monoisotopic (exact) mass is 176 g/mol. The van der Waals surface area contributed by atoms with Crippen LogP contribution in [0.15, 0.2) is 12.1 Å². The zero-order chi connectivity index (χ0) is 8.43. The van der Waals surface area contributed by atoms with Crippen molar-refractivity contribution in [3.63, 3.8) is 0 Å². The number of rotatable bonds is 2. The second kappa shape index (κ2) is 2.80. The summed E-state index contributed by atoms with van der Waals surface area (Å²) in [5, 5.41) is 17.9. The first-order valence-electron chi connectivity index (χ1n) is 2.80. The molecule has 0 aliphatic heterocycles. The molecule has 2 N–H and O–H groups in total. The van der Waals surface area contributed by atoms with Gasteiger partial charge in [-0.25, -0.2) is 0 Å². The van der Waals surface area contributed by atoms with Gasteiger partial charge in [-0.3, -0.25) is 0 Å². The molecule has 1 atom stereocenters. The van der Waals surface area contributed by atoms with Gasteiger partial charge in [0.15, 0.2) is 6.66 Å². The highest BCUT2D eigenvalue weighted by molar-refractivity contribution is 7.38. The van der Waals surface area contributed by atoms with Crippen molar-refractivity contribution in [2.45, 2.75) is 0 Å². The molecular formula is C5H7NO4P+. The lowest BCUT2D eigenvalue weighted by molar-refractivity contribution is 0.208. The van der Waals surface area contributed by atoms with E-state index < -0.39 is 8.03 Å². The summed E-state index contributed by atoms with van der Waals surface area (Å²) in [6.45, 7) is 1.31. The van der Waals surface area contributed by atoms with Gasteiger partial charge in [-0.1, -0.05) is 4.73 Å². The van der Waals surface area contributed by atoms with Crippen molar-refractivity contribution in [1.82, 2.24) is 4.73 Å². The zero-order valence-corrected chi connectivity index (χ0v) is 6.65. The molecule has 1 unspecified atom stereocenters. The molecule has 0 amide bonds. The minimum Gasteiger partial charge on any atom is -0.492 e. The fourth-order valence-corrected chi connectivity index (χ4v) is 0.998. The largest absolute Gasteiger partial charge is 0.577 e. The molecule has 11 heavy (non-hydrogen) atoms. The first-order valence-corrected chi connectivity index (χ1v) is 4.42. The molecule has 60 valence electrons. The van der Waals surface area contributed by atoms with Crippen LogP contribution in [0.1, 0.15) is 0 Å². The molecule has 1 heterocycles. The fraction of sp³-hybridized carbons (Fsp3) is 0.200. The van der Waals surface area contributed by atoms with Gasteiger partial charge in [0.25, 0.3) is 0 Å². The third kappa shape index (κ3) is 1.62. The van der Waals surface area contributed by atoms with E-state index in [0.29, 0.717) is 4.73 Å². The normalized spacial score (nSPS) is 11.2. The van der Waals surface area contributed by atoms with Gasteiger partial charge in [-0.05, 0) is 4.57 Å². The van der Waals surface area contributed by atoms with E-state index in [0.717, 1.165) is 0 Å². The lowest BCUT2D eigenvalue weighted by Crippen LogP contribution is -2.00. The lowest BCUT2D eigenvalue weighted by atomic mass is 10.6. The summed E-state index contributed by atoms with van der Waals surface area (Å²) in [6.07, 6.45) is 0. The summed E-state index contributed by atoms with van der Waals surface area (Å²) in [5.41, 5.74) is 0. The Bertz CT molecular complexity index is 263. The SMILES string of the molecule is C[P+](=O)On1c(O)ccc1O. The van der Waals surface area contributed by atoms with Crippen LogP contribution < -0.4 is 4.62 Å². The molecule has 1 aromatic rings. The Labute approximate surface area is 63.7 Å². The Hall–Kier alpha value is -1.22. The predicted molar refractivity (Wildman–Crippen MR) is 37.9 cm³/mol. The topological polar surface area (TPSA) is 71.7 Å². The summed E-state index contributed by atoms with van der Waals surface area (Å²) < 4.78 is 15.7. The first-order chi connectivity index (χ1) is 5.11. The van der Waals surface area contributed by atoms with Crippen molar-refractivity contribution in [2.75, 3.05) is 6.66 Å². The molecule has 0 saturated heterocycles. The maximum atomic E-state index is 10.5. The molecular weight excluding hydrogens is 169 g/mol. The standard InChI is InChI=1S/C5H6NO4P/c1-11(9)10-6-4(7)2-3-5(6)8/h2-3H,1H3,(H-,7,8)/p+1.